The number of carbonyl (C=O) groups excluding carboxylic acids is 4. The second-order valence-electron chi connectivity index (χ2n) is 10.5. The molecule has 216 valence electrons. The lowest BCUT2D eigenvalue weighted by Gasteiger charge is -2.30. The highest BCUT2D eigenvalue weighted by atomic mass is 16.6. The van der Waals surface area contributed by atoms with Crippen LogP contribution in [0, 0.1) is 43.9 Å². The number of carbonyl (C=O) groups is 4. The summed E-state index contributed by atoms with van der Waals surface area (Å²) in [5.74, 6) is -3.29. The molecule has 1 heterocycles. The van der Waals surface area contributed by atoms with E-state index >= 15 is 0 Å². The number of allylic oxidation sites excluding steroid dienone is 2. The van der Waals surface area contributed by atoms with E-state index in [2.05, 4.69) is 0 Å². The SMILES string of the molecule is O=C(CN(C(=O)c1ccc([N+](=O)[O-])cc1)N1C(=O)[C@@H]2[C@@H](C1=O)[C@H]1C=C[C@H]2C1)c1ccc(Oc2ccc([N+](=O)[O-])cc2)cc1. The number of non-ortho nitro benzene ring substituents is 2. The summed E-state index contributed by atoms with van der Waals surface area (Å²) in [4.78, 5) is 74.9. The van der Waals surface area contributed by atoms with Crippen molar-refractivity contribution in [2.45, 2.75) is 6.42 Å². The van der Waals surface area contributed by atoms with Crippen LogP contribution in [0.2, 0.25) is 0 Å². The first-order valence-electron chi connectivity index (χ1n) is 13.3. The van der Waals surface area contributed by atoms with Crippen molar-refractivity contribution in [1.82, 2.24) is 10.0 Å². The molecule has 13 nitrogen and oxygen atoms in total. The second-order valence-corrected chi connectivity index (χ2v) is 10.5. The number of amides is 3. The zero-order chi connectivity index (χ0) is 30.4. The average molecular weight is 583 g/mol. The minimum atomic E-state index is -0.830. The molecule has 43 heavy (non-hydrogen) atoms. The molecule has 2 bridgehead atoms. The lowest BCUT2D eigenvalue weighted by Crippen LogP contribution is -2.52. The molecule has 0 unspecified atom stereocenters. The first kappa shape index (κ1) is 27.4. The quantitative estimate of drug-likeness (QED) is 0.117. The van der Waals surface area contributed by atoms with Gasteiger partial charge in [-0.25, -0.2) is 5.01 Å². The van der Waals surface area contributed by atoms with Crippen molar-refractivity contribution in [2.24, 2.45) is 23.7 Å². The van der Waals surface area contributed by atoms with Crippen LogP contribution in [0.4, 0.5) is 11.4 Å². The predicted octanol–water partition coefficient (Wildman–Crippen LogP) is 4.34. The molecule has 0 aromatic heterocycles. The zero-order valence-corrected chi connectivity index (χ0v) is 22.3. The lowest BCUT2D eigenvalue weighted by atomic mass is 9.85. The Hall–Kier alpha value is -5.72. The van der Waals surface area contributed by atoms with Crippen LogP contribution in [0.15, 0.2) is 84.9 Å². The number of ether oxygens (including phenoxy) is 1. The van der Waals surface area contributed by atoms with Crippen LogP contribution < -0.4 is 4.74 Å². The predicted molar refractivity (Wildman–Crippen MR) is 148 cm³/mol. The van der Waals surface area contributed by atoms with Crippen molar-refractivity contribution < 1.29 is 33.8 Å². The molecule has 1 saturated heterocycles. The van der Waals surface area contributed by atoms with Gasteiger partial charge in [0.05, 0.1) is 21.7 Å². The monoisotopic (exact) mass is 582 g/mol. The molecule has 13 heteroatoms. The molecular weight excluding hydrogens is 560 g/mol. The molecule has 3 aliphatic rings. The van der Waals surface area contributed by atoms with E-state index in [0.717, 1.165) is 22.2 Å². The van der Waals surface area contributed by atoms with E-state index < -0.39 is 51.7 Å². The highest BCUT2D eigenvalue weighted by Gasteiger charge is 2.61. The van der Waals surface area contributed by atoms with E-state index in [4.69, 9.17) is 4.74 Å². The molecule has 3 aromatic carbocycles. The number of nitro benzene ring substituents is 2. The van der Waals surface area contributed by atoms with E-state index in [0.29, 0.717) is 17.9 Å². The molecule has 0 N–H and O–H groups in total. The maximum Gasteiger partial charge on any atom is 0.273 e. The van der Waals surface area contributed by atoms with Gasteiger partial charge >= 0.3 is 0 Å². The van der Waals surface area contributed by atoms with E-state index in [1.54, 1.807) is 0 Å². The summed E-state index contributed by atoms with van der Waals surface area (Å²) >= 11 is 0. The maximum absolute atomic E-state index is 13.7. The molecule has 1 aliphatic heterocycles. The van der Waals surface area contributed by atoms with Gasteiger partial charge in [0.15, 0.2) is 5.78 Å². The molecule has 3 amide bonds. The number of benzene rings is 3. The number of rotatable bonds is 9. The number of nitro groups is 2. The summed E-state index contributed by atoms with van der Waals surface area (Å²) < 4.78 is 5.68. The van der Waals surface area contributed by atoms with E-state index in [9.17, 15) is 39.4 Å². The largest absolute Gasteiger partial charge is 0.457 e. The van der Waals surface area contributed by atoms with Gasteiger partial charge in [0.1, 0.15) is 18.0 Å². The third-order valence-corrected chi connectivity index (χ3v) is 8.00. The Bertz CT molecular complexity index is 1670. The molecule has 6 rings (SSSR count). The van der Waals surface area contributed by atoms with Gasteiger partial charge in [0.25, 0.3) is 29.1 Å². The van der Waals surface area contributed by atoms with Gasteiger partial charge in [-0.2, -0.15) is 5.01 Å². The number of Topliss-reactive ketones (excluding diaryl/α,β-unsaturated/α-hetero) is 1. The molecule has 0 spiro atoms. The summed E-state index contributed by atoms with van der Waals surface area (Å²) in [6.45, 7) is -0.641. The first-order chi connectivity index (χ1) is 20.6. The fourth-order valence-electron chi connectivity index (χ4n) is 5.94. The van der Waals surface area contributed by atoms with Crippen LogP contribution in [0.5, 0.6) is 11.5 Å². The van der Waals surface area contributed by atoms with Crippen LogP contribution >= 0.6 is 0 Å². The van der Waals surface area contributed by atoms with E-state index in [-0.39, 0.29) is 34.3 Å². The highest BCUT2D eigenvalue weighted by Crippen LogP contribution is 2.52. The van der Waals surface area contributed by atoms with Gasteiger partial charge < -0.3 is 4.74 Å². The third kappa shape index (κ3) is 4.90. The number of fused-ring (bicyclic) bond motifs is 5. The summed E-state index contributed by atoms with van der Waals surface area (Å²) in [5.41, 5.74) is -0.216. The second kappa shape index (κ2) is 10.6. The summed E-state index contributed by atoms with van der Waals surface area (Å²) in [5, 5.41) is 23.5. The Kier molecular flexibility index (Phi) is 6.76. The first-order valence-corrected chi connectivity index (χ1v) is 13.3. The average Bonchev–Trinajstić information content (AvgIpc) is 3.70. The van der Waals surface area contributed by atoms with E-state index in [1.165, 1.54) is 60.7 Å². The summed E-state index contributed by atoms with van der Waals surface area (Å²) in [6, 6.07) is 16.0. The van der Waals surface area contributed by atoms with Crippen LogP contribution in [0.1, 0.15) is 27.1 Å². The number of imide groups is 1. The van der Waals surface area contributed by atoms with Crippen LogP contribution in [-0.2, 0) is 9.59 Å². The van der Waals surface area contributed by atoms with Gasteiger partial charge in [0, 0.05) is 35.4 Å². The van der Waals surface area contributed by atoms with Crippen molar-refractivity contribution in [3.63, 3.8) is 0 Å². The number of nitrogens with zero attached hydrogens (tertiary/aromatic N) is 4. The topological polar surface area (TPSA) is 170 Å². The number of ketones is 1. The molecule has 4 atom stereocenters. The third-order valence-electron chi connectivity index (χ3n) is 8.00. The highest BCUT2D eigenvalue weighted by molar-refractivity contribution is 6.10. The van der Waals surface area contributed by atoms with Crippen LogP contribution in [0.25, 0.3) is 0 Å². The van der Waals surface area contributed by atoms with Crippen molar-refractivity contribution in [2.75, 3.05) is 6.54 Å². The van der Waals surface area contributed by atoms with E-state index in [1.807, 2.05) is 12.2 Å². The smallest absolute Gasteiger partial charge is 0.273 e. The van der Waals surface area contributed by atoms with Gasteiger partial charge in [-0.3, -0.25) is 39.4 Å². The van der Waals surface area contributed by atoms with Crippen LogP contribution in [-0.4, -0.2) is 49.9 Å². The van der Waals surface area contributed by atoms with Gasteiger partial charge in [-0.1, -0.05) is 12.2 Å². The Morgan fingerprint density at radius 1 is 0.744 bits per heavy atom. The number of hydrogen-bond donors (Lipinski definition) is 0. The Balaban J connectivity index is 1.24. The van der Waals surface area contributed by atoms with Gasteiger partial charge in [0.2, 0.25) is 0 Å². The van der Waals surface area contributed by atoms with Crippen LogP contribution in [0.3, 0.4) is 0 Å². The Morgan fingerprint density at radius 3 is 1.67 bits per heavy atom. The van der Waals surface area contributed by atoms with Crippen molar-refractivity contribution in [3.05, 3.63) is 116 Å². The summed E-state index contributed by atoms with van der Waals surface area (Å²) in [7, 11) is 0. The molecular formula is C30H22N4O9. The van der Waals surface area contributed by atoms with Crippen molar-refractivity contribution in [3.8, 4) is 11.5 Å². The molecule has 2 aliphatic carbocycles. The fraction of sp³-hybridized carbons (Fsp3) is 0.200. The molecule has 1 saturated carbocycles. The Labute approximate surface area is 243 Å². The van der Waals surface area contributed by atoms with Crippen molar-refractivity contribution >= 4 is 34.9 Å². The normalized spacial score (nSPS) is 21.5. The van der Waals surface area contributed by atoms with Crippen molar-refractivity contribution in [1.29, 1.82) is 0 Å². The maximum atomic E-state index is 13.7. The number of hydrazine groups is 1. The fourth-order valence-corrected chi connectivity index (χ4v) is 5.94. The number of hydrogen-bond acceptors (Lipinski definition) is 9. The lowest BCUT2D eigenvalue weighted by molar-refractivity contribution is -0.385. The molecule has 2 fully saturated rings. The van der Waals surface area contributed by atoms with Gasteiger partial charge in [-0.05, 0) is 66.8 Å². The summed E-state index contributed by atoms with van der Waals surface area (Å²) in [6.07, 6.45) is 4.51. The van der Waals surface area contributed by atoms with Gasteiger partial charge in [-0.15, -0.1) is 0 Å². The Morgan fingerprint density at radius 2 is 1.19 bits per heavy atom. The molecule has 0 radical (unpaired) electrons. The minimum absolute atomic E-state index is 0.0380. The zero-order valence-electron chi connectivity index (χ0n) is 22.3. The molecule has 3 aromatic rings. The minimum Gasteiger partial charge on any atom is -0.457 e. The standard InChI is InChI=1S/C30H22N4O9/c35-25(17-5-11-23(12-6-17)43-24-13-9-22(10-14-24)34(41)42)16-31(28(36)18-3-7-21(8-4-18)33(39)40)32-29(37)26-19-1-2-20(15-19)27(26)30(32)38/h1-14,19-20,26-27H,15-16H2/t19-,20-,26-,27-/m0/s1.